The van der Waals surface area contributed by atoms with Crippen molar-refractivity contribution in [1.82, 2.24) is 9.97 Å². The van der Waals surface area contributed by atoms with Crippen molar-refractivity contribution in [3.63, 3.8) is 0 Å². The van der Waals surface area contributed by atoms with Gasteiger partial charge in [0.15, 0.2) is 0 Å². The van der Waals surface area contributed by atoms with E-state index in [2.05, 4.69) is 39.6 Å². The van der Waals surface area contributed by atoms with E-state index in [4.69, 9.17) is 0 Å². The SMILES string of the molecule is c1ccc2c(Nc3ccc4scnc4c3)ccnc2c1. The van der Waals surface area contributed by atoms with Gasteiger partial charge in [-0.1, -0.05) is 18.2 Å². The van der Waals surface area contributed by atoms with Gasteiger partial charge in [0, 0.05) is 23.0 Å². The minimum Gasteiger partial charge on any atom is -0.355 e. The number of aromatic nitrogens is 2. The maximum Gasteiger partial charge on any atom is 0.0832 e. The lowest BCUT2D eigenvalue weighted by molar-refractivity contribution is 1.40. The molecule has 0 aliphatic heterocycles. The molecule has 0 fully saturated rings. The van der Waals surface area contributed by atoms with Crippen molar-refractivity contribution < 1.29 is 0 Å². The van der Waals surface area contributed by atoms with Crippen LogP contribution in [0.5, 0.6) is 0 Å². The Hall–Kier alpha value is -2.46. The summed E-state index contributed by atoms with van der Waals surface area (Å²) in [7, 11) is 0. The molecule has 0 unspecified atom stereocenters. The molecule has 96 valence electrons. The Morgan fingerprint density at radius 1 is 0.900 bits per heavy atom. The number of thiazole rings is 1. The number of anilines is 2. The Bertz CT molecular complexity index is 893. The van der Waals surface area contributed by atoms with Gasteiger partial charge in [0.1, 0.15) is 0 Å². The van der Waals surface area contributed by atoms with Crippen molar-refractivity contribution in [3.8, 4) is 0 Å². The Morgan fingerprint density at radius 2 is 1.85 bits per heavy atom. The second-order valence-electron chi connectivity index (χ2n) is 4.54. The maximum atomic E-state index is 4.37. The summed E-state index contributed by atoms with van der Waals surface area (Å²) in [5.74, 6) is 0. The van der Waals surface area contributed by atoms with E-state index in [0.717, 1.165) is 27.8 Å². The second kappa shape index (κ2) is 4.58. The Labute approximate surface area is 119 Å². The standard InChI is InChI=1S/C16H11N3S/c1-2-4-13-12(3-1)14(7-8-17-13)19-11-5-6-16-15(9-11)18-10-20-16/h1-10H,(H,17,19). The van der Waals surface area contributed by atoms with Crippen LogP contribution in [0.1, 0.15) is 0 Å². The van der Waals surface area contributed by atoms with Crippen LogP contribution in [0.25, 0.3) is 21.1 Å². The second-order valence-corrected chi connectivity index (χ2v) is 5.42. The predicted molar refractivity (Wildman–Crippen MR) is 84.6 cm³/mol. The number of para-hydroxylation sites is 1. The summed E-state index contributed by atoms with van der Waals surface area (Å²) in [6.45, 7) is 0. The van der Waals surface area contributed by atoms with Crippen molar-refractivity contribution in [1.29, 1.82) is 0 Å². The van der Waals surface area contributed by atoms with E-state index in [1.807, 2.05) is 36.0 Å². The maximum absolute atomic E-state index is 4.37. The molecule has 0 saturated heterocycles. The number of pyridine rings is 1. The van der Waals surface area contributed by atoms with Crippen LogP contribution in [-0.4, -0.2) is 9.97 Å². The summed E-state index contributed by atoms with van der Waals surface area (Å²) in [5.41, 5.74) is 5.99. The molecular formula is C16H11N3S. The summed E-state index contributed by atoms with van der Waals surface area (Å²) in [6, 6.07) is 16.4. The number of hydrogen-bond acceptors (Lipinski definition) is 4. The summed E-state index contributed by atoms with van der Waals surface area (Å²) >= 11 is 1.66. The van der Waals surface area contributed by atoms with E-state index in [9.17, 15) is 0 Å². The molecule has 0 saturated carbocycles. The lowest BCUT2D eigenvalue weighted by Crippen LogP contribution is -1.92. The molecule has 0 aliphatic rings. The van der Waals surface area contributed by atoms with E-state index in [-0.39, 0.29) is 0 Å². The highest BCUT2D eigenvalue weighted by atomic mass is 32.1. The van der Waals surface area contributed by atoms with Crippen molar-refractivity contribution in [2.24, 2.45) is 0 Å². The molecule has 4 aromatic rings. The van der Waals surface area contributed by atoms with E-state index in [1.54, 1.807) is 11.3 Å². The van der Waals surface area contributed by atoms with E-state index in [0.29, 0.717) is 0 Å². The normalized spacial score (nSPS) is 11.0. The molecule has 0 radical (unpaired) electrons. The zero-order valence-electron chi connectivity index (χ0n) is 10.6. The lowest BCUT2D eigenvalue weighted by atomic mass is 10.2. The zero-order chi connectivity index (χ0) is 13.4. The molecule has 3 nitrogen and oxygen atoms in total. The largest absolute Gasteiger partial charge is 0.355 e. The van der Waals surface area contributed by atoms with E-state index >= 15 is 0 Å². The van der Waals surface area contributed by atoms with Gasteiger partial charge >= 0.3 is 0 Å². The van der Waals surface area contributed by atoms with E-state index < -0.39 is 0 Å². The van der Waals surface area contributed by atoms with Crippen molar-refractivity contribution in [2.45, 2.75) is 0 Å². The topological polar surface area (TPSA) is 37.8 Å². The number of fused-ring (bicyclic) bond motifs is 2. The highest BCUT2D eigenvalue weighted by Crippen LogP contribution is 2.27. The first-order chi connectivity index (χ1) is 9.90. The predicted octanol–water partition coefficient (Wildman–Crippen LogP) is 4.59. The first-order valence-corrected chi connectivity index (χ1v) is 7.22. The molecule has 20 heavy (non-hydrogen) atoms. The first kappa shape index (κ1) is 11.4. The third-order valence-electron chi connectivity index (χ3n) is 3.26. The average molecular weight is 277 g/mol. The van der Waals surface area contributed by atoms with Gasteiger partial charge in [-0.25, -0.2) is 4.98 Å². The quantitative estimate of drug-likeness (QED) is 0.582. The molecular weight excluding hydrogens is 266 g/mol. The van der Waals surface area contributed by atoms with Crippen molar-refractivity contribution >= 4 is 43.8 Å². The number of nitrogens with zero attached hydrogens (tertiary/aromatic N) is 2. The molecule has 0 bridgehead atoms. The fourth-order valence-electron chi connectivity index (χ4n) is 2.30. The zero-order valence-corrected chi connectivity index (χ0v) is 11.4. The summed E-state index contributed by atoms with van der Waals surface area (Å²) in [5, 5.41) is 4.57. The summed E-state index contributed by atoms with van der Waals surface area (Å²) < 4.78 is 1.20. The van der Waals surface area contributed by atoms with Gasteiger partial charge in [0.05, 0.1) is 21.2 Å². The van der Waals surface area contributed by atoms with Crippen molar-refractivity contribution in [2.75, 3.05) is 5.32 Å². The molecule has 0 aliphatic carbocycles. The smallest absolute Gasteiger partial charge is 0.0832 e. The van der Waals surface area contributed by atoms with Crippen LogP contribution < -0.4 is 5.32 Å². The van der Waals surface area contributed by atoms with Crippen molar-refractivity contribution in [3.05, 3.63) is 60.2 Å². The van der Waals surface area contributed by atoms with Gasteiger partial charge in [-0.15, -0.1) is 11.3 Å². The minimum absolute atomic E-state index is 0.993. The molecule has 2 heterocycles. The summed E-state index contributed by atoms with van der Waals surface area (Å²) in [4.78, 5) is 8.72. The molecule has 0 amide bonds. The summed E-state index contributed by atoms with van der Waals surface area (Å²) in [6.07, 6.45) is 1.83. The Morgan fingerprint density at radius 3 is 2.85 bits per heavy atom. The van der Waals surface area contributed by atoms with Crippen LogP contribution in [0, 0.1) is 0 Å². The van der Waals surface area contributed by atoms with Crippen LogP contribution in [-0.2, 0) is 0 Å². The highest BCUT2D eigenvalue weighted by Gasteiger charge is 2.03. The number of nitrogens with one attached hydrogen (secondary N) is 1. The molecule has 2 aromatic carbocycles. The molecule has 4 heteroatoms. The van der Waals surface area contributed by atoms with Gasteiger partial charge in [0.2, 0.25) is 0 Å². The molecule has 4 rings (SSSR count). The number of rotatable bonds is 2. The van der Waals surface area contributed by atoms with Crippen LogP contribution in [0.2, 0.25) is 0 Å². The fourth-order valence-corrected chi connectivity index (χ4v) is 2.95. The van der Waals surface area contributed by atoms with Crippen LogP contribution in [0.15, 0.2) is 60.2 Å². The fraction of sp³-hybridized carbons (Fsp3) is 0. The Kier molecular flexibility index (Phi) is 2.60. The molecule has 1 N–H and O–H groups in total. The first-order valence-electron chi connectivity index (χ1n) is 6.34. The number of hydrogen-bond donors (Lipinski definition) is 1. The van der Waals surface area contributed by atoms with Crippen LogP contribution >= 0.6 is 11.3 Å². The monoisotopic (exact) mass is 277 g/mol. The minimum atomic E-state index is 0.993. The third-order valence-corrected chi connectivity index (χ3v) is 4.07. The third kappa shape index (κ3) is 1.90. The molecule has 2 aromatic heterocycles. The van der Waals surface area contributed by atoms with E-state index in [1.165, 1.54) is 4.70 Å². The van der Waals surface area contributed by atoms with Gasteiger partial charge in [-0.3, -0.25) is 4.98 Å². The highest BCUT2D eigenvalue weighted by molar-refractivity contribution is 7.16. The van der Waals surface area contributed by atoms with Crippen LogP contribution in [0.3, 0.4) is 0 Å². The average Bonchev–Trinajstić information content (AvgIpc) is 2.95. The van der Waals surface area contributed by atoms with Gasteiger partial charge in [0.25, 0.3) is 0 Å². The van der Waals surface area contributed by atoms with Gasteiger partial charge in [-0.05, 0) is 30.3 Å². The van der Waals surface area contributed by atoms with Gasteiger partial charge < -0.3 is 5.32 Å². The van der Waals surface area contributed by atoms with Gasteiger partial charge in [-0.2, -0.15) is 0 Å². The Balaban J connectivity index is 1.80. The lowest BCUT2D eigenvalue weighted by Gasteiger charge is -2.09. The molecule has 0 spiro atoms. The molecule has 0 atom stereocenters. The van der Waals surface area contributed by atoms with Crippen LogP contribution in [0.4, 0.5) is 11.4 Å². The number of benzene rings is 2.